The predicted octanol–water partition coefficient (Wildman–Crippen LogP) is 2.11. The summed E-state index contributed by atoms with van der Waals surface area (Å²) in [7, 11) is 0. The Balaban J connectivity index is 1.41. The summed E-state index contributed by atoms with van der Waals surface area (Å²) in [6.45, 7) is -0.446. The van der Waals surface area contributed by atoms with Crippen LogP contribution in [0.25, 0.3) is 0 Å². The molecule has 0 bridgehead atoms. The highest BCUT2D eigenvalue weighted by Crippen LogP contribution is 2.22. The van der Waals surface area contributed by atoms with Gasteiger partial charge in [-0.25, -0.2) is 0 Å². The Kier molecular flexibility index (Phi) is 6.20. The molecule has 2 aromatic rings. The van der Waals surface area contributed by atoms with Crippen LogP contribution in [0.3, 0.4) is 0 Å². The third-order valence-electron chi connectivity index (χ3n) is 4.48. The minimum absolute atomic E-state index is 0.122. The SMILES string of the molecule is O=C(COC(=O)Cc1ccc2c(c1)CCCC2)NNC(=O)c1ccccc1. The highest BCUT2D eigenvalue weighted by molar-refractivity contribution is 5.95. The third-order valence-corrected chi connectivity index (χ3v) is 4.48. The maximum absolute atomic E-state index is 12.0. The van der Waals surface area contributed by atoms with Crippen LogP contribution in [0.4, 0.5) is 0 Å². The number of hydrazine groups is 1. The second-order valence-electron chi connectivity index (χ2n) is 6.52. The van der Waals surface area contributed by atoms with Gasteiger partial charge in [0.1, 0.15) is 0 Å². The molecular formula is C21H22N2O4. The predicted molar refractivity (Wildman–Crippen MR) is 99.8 cm³/mol. The number of benzene rings is 2. The van der Waals surface area contributed by atoms with Crippen LogP contribution in [0.15, 0.2) is 48.5 Å². The van der Waals surface area contributed by atoms with E-state index in [1.54, 1.807) is 30.3 Å². The quantitative estimate of drug-likeness (QED) is 0.627. The van der Waals surface area contributed by atoms with Crippen molar-refractivity contribution < 1.29 is 19.1 Å². The molecule has 0 saturated carbocycles. The molecule has 6 nitrogen and oxygen atoms in total. The van der Waals surface area contributed by atoms with Gasteiger partial charge in [0.05, 0.1) is 6.42 Å². The first-order valence-electron chi connectivity index (χ1n) is 9.02. The van der Waals surface area contributed by atoms with Gasteiger partial charge in [-0.3, -0.25) is 25.2 Å². The van der Waals surface area contributed by atoms with Crippen LogP contribution in [-0.4, -0.2) is 24.4 Å². The van der Waals surface area contributed by atoms with Crippen molar-refractivity contribution in [3.8, 4) is 0 Å². The molecule has 2 aromatic carbocycles. The van der Waals surface area contributed by atoms with Crippen LogP contribution in [0.1, 0.15) is 39.9 Å². The first-order valence-corrected chi connectivity index (χ1v) is 9.02. The lowest BCUT2D eigenvalue weighted by atomic mass is 9.90. The molecule has 6 heteroatoms. The zero-order chi connectivity index (χ0) is 19.1. The first kappa shape index (κ1) is 18.6. The Morgan fingerprint density at radius 3 is 2.41 bits per heavy atom. The molecule has 2 N–H and O–H groups in total. The fraction of sp³-hybridized carbons (Fsp3) is 0.286. The maximum Gasteiger partial charge on any atom is 0.310 e. The summed E-state index contributed by atoms with van der Waals surface area (Å²) in [6.07, 6.45) is 4.65. The van der Waals surface area contributed by atoms with Crippen LogP contribution < -0.4 is 10.9 Å². The number of hydrogen-bond acceptors (Lipinski definition) is 4. The Bertz CT molecular complexity index is 833. The van der Waals surface area contributed by atoms with Crippen molar-refractivity contribution >= 4 is 17.8 Å². The first-order chi connectivity index (χ1) is 13.1. The van der Waals surface area contributed by atoms with Gasteiger partial charge in [-0.05, 0) is 54.5 Å². The molecule has 0 saturated heterocycles. The van der Waals surface area contributed by atoms with E-state index in [-0.39, 0.29) is 6.42 Å². The Morgan fingerprint density at radius 2 is 1.63 bits per heavy atom. The smallest absolute Gasteiger partial charge is 0.310 e. The van der Waals surface area contributed by atoms with Crippen LogP contribution >= 0.6 is 0 Å². The lowest BCUT2D eigenvalue weighted by Gasteiger charge is -2.16. The molecule has 140 valence electrons. The molecule has 0 aliphatic heterocycles. The molecule has 2 amide bonds. The normalized spacial score (nSPS) is 12.6. The average Bonchev–Trinajstić information content (AvgIpc) is 2.71. The highest BCUT2D eigenvalue weighted by atomic mass is 16.5. The third kappa shape index (κ3) is 5.41. The molecule has 0 unspecified atom stereocenters. The van der Waals surface area contributed by atoms with Crippen LogP contribution in [0.5, 0.6) is 0 Å². The molecule has 0 fully saturated rings. The molecule has 3 rings (SSSR count). The number of carbonyl (C=O) groups is 3. The molecule has 0 atom stereocenters. The fourth-order valence-electron chi connectivity index (χ4n) is 3.08. The molecule has 0 spiro atoms. The standard InChI is InChI=1S/C21H22N2O4/c24-19(22-23-21(26)17-7-2-1-3-8-17)14-27-20(25)13-15-10-11-16-6-4-5-9-18(16)12-15/h1-3,7-8,10-12H,4-6,9,13-14H2,(H,22,24)(H,23,26). The summed E-state index contributed by atoms with van der Waals surface area (Å²) in [6, 6.07) is 14.5. The number of amides is 2. The number of aryl methyl sites for hydroxylation is 2. The molecule has 27 heavy (non-hydrogen) atoms. The largest absolute Gasteiger partial charge is 0.455 e. The van der Waals surface area contributed by atoms with Gasteiger partial charge in [-0.15, -0.1) is 0 Å². The van der Waals surface area contributed by atoms with Crippen molar-refractivity contribution in [1.29, 1.82) is 0 Å². The van der Waals surface area contributed by atoms with Crippen molar-refractivity contribution in [2.45, 2.75) is 32.1 Å². The highest BCUT2D eigenvalue weighted by Gasteiger charge is 2.13. The zero-order valence-corrected chi connectivity index (χ0v) is 15.0. The van der Waals surface area contributed by atoms with Crippen molar-refractivity contribution in [2.75, 3.05) is 6.61 Å². The molecular weight excluding hydrogens is 344 g/mol. The summed E-state index contributed by atoms with van der Waals surface area (Å²) in [5.74, 6) is -1.52. The molecule has 1 aliphatic rings. The van der Waals surface area contributed by atoms with Crippen LogP contribution in [0, 0.1) is 0 Å². The van der Waals surface area contributed by atoms with E-state index in [0.717, 1.165) is 18.4 Å². The van der Waals surface area contributed by atoms with Gasteiger partial charge in [0, 0.05) is 5.56 Å². The molecule has 0 aromatic heterocycles. The van der Waals surface area contributed by atoms with E-state index >= 15 is 0 Å². The topological polar surface area (TPSA) is 84.5 Å². The van der Waals surface area contributed by atoms with Crippen LogP contribution in [0.2, 0.25) is 0 Å². The van der Waals surface area contributed by atoms with Crippen molar-refractivity contribution in [3.63, 3.8) is 0 Å². The zero-order valence-electron chi connectivity index (χ0n) is 15.0. The van der Waals surface area contributed by atoms with Crippen molar-refractivity contribution in [2.24, 2.45) is 0 Å². The van der Waals surface area contributed by atoms with Crippen molar-refractivity contribution in [1.82, 2.24) is 10.9 Å². The minimum Gasteiger partial charge on any atom is -0.455 e. The van der Waals surface area contributed by atoms with Crippen LogP contribution in [-0.2, 0) is 33.6 Å². The Labute approximate surface area is 157 Å². The summed E-state index contributed by atoms with van der Waals surface area (Å²) in [5.41, 5.74) is 8.46. The van der Waals surface area contributed by atoms with E-state index in [4.69, 9.17) is 4.74 Å². The molecule has 0 heterocycles. The number of carbonyl (C=O) groups excluding carboxylic acids is 3. The number of rotatable bonds is 5. The Morgan fingerprint density at radius 1 is 0.889 bits per heavy atom. The van der Waals surface area contributed by atoms with E-state index in [2.05, 4.69) is 23.0 Å². The van der Waals surface area contributed by atoms with E-state index < -0.39 is 24.4 Å². The number of nitrogens with one attached hydrogen (secondary N) is 2. The summed E-state index contributed by atoms with van der Waals surface area (Å²) < 4.78 is 4.99. The number of ether oxygens (including phenoxy) is 1. The van der Waals surface area contributed by atoms with Crippen molar-refractivity contribution in [3.05, 3.63) is 70.8 Å². The maximum atomic E-state index is 12.0. The van der Waals surface area contributed by atoms with Gasteiger partial charge in [-0.2, -0.15) is 0 Å². The molecule has 1 aliphatic carbocycles. The van der Waals surface area contributed by atoms with E-state index in [9.17, 15) is 14.4 Å². The fourth-order valence-corrected chi connectivity index (χ4v) is 3.08. The lowest BCUT2D eigenvalue weighted by Crippen LogP contribution is -2.43. The minimum atomic E-state index is -0.599. The number of esters is 1. The van der Waals surface area contributed by atoms with Gasteiger partial charge in [0.25, 0.3) is 11.8 Å². The molecule has 0 radical (unpaired) electrons. The number of hydrogen-bond donors (Lipinski definition) is 2. The van der Waals surface area contributed by atoms with Gasteiger partial charge < -0.3 is 4.74 Å². The van der Waals surface area contributed by atoms with E-state index in [1.807, 2.05) is 6.07 Å². The van der Waals surface area contributed by atoms with E-state index in [1.165, 1.54) is 24.0 Å². The second kappa shape index (κ2) is 8.98. The average molecular weight is 366 g/mol. The lowest BCUT2D eigenvalue weighted by molar-refractivity contribution is -0.148. The van der Waals surface area contributed by atoms with Gasteiger partial charge in [0.2, 0.25) is 0 Å². The number of fused-ring (bicyclic) bond motifs is 1. The van der Waals surface area contributed by atoms with Gasteiger partial charge in [-0.1, -0.05) is 36.4 Å². The van der Waals surface area contributed by atoms with E-state index in [0.29, 0.717) is 5.56 Å². The van der Waals surface area contributed by atoms with Gasteiger partial charge in [0.15, 0.2) is 6.61 Å². The Hall–Kier alpha value is -3.15. The summed E-state index contributed by atoms with van der Waals surface area (Å²) in [4.78, 5) is 35.5. The van der Waals surface area contributed by atoms with Gasteiger partial charge >= 0.3 is 5.97 Å². The summed E-state index contributed by atoms with van der Waals surface area (Å²) >= 11 is 0. The second-order valence-corrected chi connectivity index (χ2v) is 6.52. The monoisotopic (exact) mass is 366 g/mol. The summed E-state index contributed by atoms with van der Waals surface area (Å²) in [5, 5.41) is 0.